The van der Waals surface area contributed by atoms with Gasteiger partial charge in [-0.15, -0.1) is 0 Å². The van der Waals surface area contributed by atoms with Crippen LogP contribution in [0.25, 0.3) is 0 Å². The van der Waals surface area contributed by atoms with Crippen LogP contribution in [0.1, 0.15) is 21.5 Å². The number of hydrogen-bond acceptors (Lipinski definition) is 4. The van der Waals surface area contributed by atoms with Gasteiger partial charge in [-0.05, 0) is 48.0 Å². The van der Waals surface area contributed by atoms with Crippen LogP contribution in [0.2, 0.25) is 0 Å². The Hall–Kier alpha value is -4.10. The summed E-state index contributed by atoms with van der Waals surface area (Å²) < 4.78 is 33.7. The molecule has 0 aliphatic rings. The maximum Gasteiger partial charge on any atom is 0.264 e. The van der Waals surface area contributed by atoms with Gasteiger partial charge in [0.05, 0.1) is 24.2 Å². The van der Waals surface area contributed by atoms with E-state index in [0.717, 1.165) is 16.9 Å². The number of methoxy groups -OCH3 is 1. The molecule has 0 saturated heterocycles. The van der Waals surface area contributed by atoms with E-state index in [1.165, 1.54) is 4.31 Å². The number of carbonyl (C=O) groups excluding carboxylic acids is 1. The molecule has 0 heterocycles. The van der Waals surface area contributed by atoms with Crippen LogP contribution in [0.15, 0.2) is 114 Å². The fourth-order valence-electron chi connectivity index (χ4n) is 3.93. The second-order valence-corrected chi connectivity index (χ2v) is 10.2. The molecule has 4 aromatic carbocycles. The number of anilines is 1. The van der Waals surface area contributed by atoms with Crippen LogP contribution in [0.3, 0.4) is 0 Å². The first kappa shape index (κ1) is 25.0. The fourth-order valence-corrected chi connectivity index (χ4v) is 5.40. The molecule has 0 spiro atoms. The Bertz CT molecular complexity index is 1410. The van der Waals surface area contributed by atoms with Crippen LogP contribution in [0.4, 0.5) is 5.69 Å². The molecule has 0 radical (unpaired) electrons. The highest BCUT2D eigenvalue weighted by molar-refractivity contribution is 7.92. The molecule has 0 atom stereocenters. The van der Waals surface area contributed by atoms with Gasteiger partial charge >= 0.3 is 0 Å². The highest BCUT2D eigenvalue weighted by Crippen LogP contribution is 2.26. The van der Waals surface area contributed by atoms with Gasteiger partial charge in [0.1, 0.15) is 5.75 Å². The number of ether oxygens (including phenoxy) is 1. The molecule has 36 heavy (non-hydrogen) atoms. The summed E-state index contributed by atoms with van der Waals surface area (Å²) in [6, 6.07) is 32.0. The minimum absolute atomic E-state index is 0.132. The highest BCUT2D eigenvalue weighted by Gasteiger charge is 2.25. The number of para-hydroxylation sites is 2. The highest BCUT2D eigenvalue weighted by atomic mass is 32.2. The molecule has 0 aromatic heterocycles. The Morgan fingerprint density at radius 3 is 1.97 bits per heavy atom. The Morgan fingerprint density at radius 2 is 1.33 bits per heavy atom. The second-order valence-electron chi connectivity index (χ2n) is 8.33. The number of amides is 1. The Balaban J connectivity index is 1.55. The van der Waals surface area contributed by atoms with Crippen LogP contribution in [-0.2, 0) is 23.1 Å². The van der Waals surface area contributed by atoms with Gasteiger partial charge < -0.3 is 9.64 Å². The van der Waals surface area contributed by atoms with E-state index >= 15 is 0 Å². The summed E-state index contributed by atoms with van der Waals surface area (Å²) in [6.45, 7) is 0.536. The van der Waals surface area contributed by atoms with Crippen LogP contribution in [0, 0.1) is 0 Å². The molecule has 4 rings (SSSR count). The molecule has 0 aliphatic carbocycles. The molecule has 4 aromatic rings. The van der Waals surface area contributed by atoms with Crippen molar-refractivity contribution in [3.8, 4) is 5.75 Å². The number of hydrogen-bond donors (Lipinski definition) is 0. The average molecular weight is 501 g/mol. The standard InChI is InChI=1S/C29H28N2O4S/c1-30(22-25-11-9-10-16-28(25)35-2)29(32)24-19-17-23(18-20-24)21-31(26-12-5-3-6-13-26)36(33,34)27-14-7-4-8-15-27/h3-20H,21-22H2,1-2H3. The zero-order valence-electron chi connectivity index (χ0n) is 20.2. The first-order chi connectivity index (χ1) is 17.4. The lowest BCUT2D eigenvalue weighted by molar-refractivity contribution is 0.0784. The van der Waals surface area contributed by atoms with Crippen molar-refractivity contribution in [3.63, 3.8) is 0 Å². The van der Waals surface area contributed by atoms with Gasteiger partial charge in [-0.3, -0.25) is 9.10 Å². The molecule has 1 amide bonds. The van der Waals surface area contributed by atoms with Crippen molar-refractivity contribution in [1.29, 1.82) is 0 Å². The summed E-state index contributed by atoms with van der Waals surface area (Å²) in [7, 11) is -0.438. The molecule has 0 aliphatic heterocycles. The van der Waals surface area contributed by atoms with E-state index in [1.54, 1.807) is 85.8 Å². The number of benzene rings is 4. The molecule has 7 heteroatoms. The van der Waals surface area contributed by atoms with Crippen molar-refractivity contribution in [3.05, 3.63) is 126 Å². The molecule has 0 bridgehead atoms. The van der Waals surface area contributed by atoms with Gasteiger partial charge in [0.25, 0.3) is 15.9 Å². The molecular weight excluding hydrogens is 472 g/mol. The first-order valence-corrected chi connectivity index (χ1v) is 12.9. The third kappa shape index (κ3) is 5.58. The predicted molar refractivity (Wildman–Crippen MR) is 141 cm³/mol. The van der Waals surface area contributed by atoms with Gasteiger partial charge in [-0.2, -0.15) is 0 Å². The van der Waals surface area contributed by atoms with Crippen LogP contribution < -0.4 is 9.04 Å². The second kappa shape index (κ2) is 11.1. The third-order valence-electron chi connectivity index (χ3n) is 5.85. The van der Waals surface area contributed by atoms with Crippen molar-refractivity contribution in [1.82, 2.24) is 4.90 Å². The van der Waals surface area contributed by atoms with Crippen molar-refractivity contribution in [2.24, 2.45) is 0 Å². The maximum absolute atomic E-state index is 13.5. The Labute approximate surface area is 212 Å². The first-order valence-electron chi connectivity index (χ1n) is 11.5. The molecule has 0 fully saturated rings. The molecule has 184 valence electrons. The van der Waals surface area contributed by atoms with Crippen LogP contribution in [-0.4, -0.2) is 33.4 Å². The van der Waals surface area contributed by atoms with Gasteiger partial charge in [0.2, 0.25) is 0 Å². The number of nitrogens with zero attached hydrogens (tertiary/aromatic N) is 2. The van der Waals surface area contributed by atoms with E-state index in [2.05, 4.69) is 0 Å². The summed E-state index contributed by atoms with van der Waals surface area (Å²) in [5, 5.41) is 0. The lowest BCUT2D eigenvalue weighted by Gasteiger charge is -2.25. The van der Waals surface area contributed by atoms with E-state index in [4.69, 9.17) is 4.74 Å². The number of rotatable bonds is 9. The zero-order chi connectivity index (χ0) is 25.5. The van der Waals surface area contributed by atoms with Gasteiger partial charge in [-0.1, -0.05) is 66.7 Å². The average Bonchev–Trinajstić information content (AvgIpc) is 2.92. The summed E-state index contributed by atoms with van der Waals surface area (Å²) in [4.78, 5) is 14.9. The van der Waals surface area contributed by atoms with E-state index in [1.807, 2.05) is 42.5 Å². The van der Waals surface area contributed by atoms with Gasteiger partial charge in [-0.25, -0.2) is 8.42 Å². The molecular formula is C29H28N2O4S. The van der Waals surface area contributed by atoms with E-state index < -0.39 is 10.0 Å². The van der Waals surface area contributed by atoms with Crippen molar-refractivity contribution in [2.75, 3.05) is 18.5 Å². The Kier molecular flexibility index (Phi) is 7.71. The number of carbonyl (C=O) groups is 1. The van der Waals surface area contributed by atoms with Crippen molar-refractivity contribution >= 4 is 21.6 Å². The minimum atomic E-state index is -3.79. The summed E-state index contributed by atoms with van der Waals surface area (Å²) in [5.41, 5.74) is 2.77. The SMILES string of the molecule is COc1ccccc1CN(C)C(=O)c1ccc(CN(c2ccccc2)S(=O)(=O)c2ccccc2)cc1. The van der Waals surface area contributed by atoms with Crippen LogP contribution in [0.5, 0.6) is 5.75 Å². The third-order valence-corrected chi connectivity index (χ3v) is 7.64. The normalized spacial score (nSPS) is 11.1. The lowest BCUT2D eigenvalue weighted by Crippen LogP contribution is -2.30. The molecule has 0 unspecified atom stereocenters. The van der Waals surface area contributed by atoms with E-state index in [9.17, 15) is 13.2 Å². The maximum atomic E-state index is 13.5. The minimum Gasteiger partial charge on any atom is -0.496 e. The smallest absolute Gasteiger partial charge is 0.264 e. The van der Waals surface area contributed by atoms with Crippen molar-refractivity contribution in [2.45, 2.75) is 18.0 Å². The summed E-state index contributed by atoms with van der Waals surface area (Å²) in [5.74, 6) is 0.595. The fraction of sp³-hybridized carbons (Fsp3) is 0.138. The van der Waals surface area contributed by atoms with Crippen molar-refractivity contribution < 1.29 is 17.9 Å². The summed E-state index contributed by atoms with van der Waals surface area (Å²) in [6.07, 6.45) is 0. The zero-order valence-corrected chi connectivity index (χ0v) is 21.1. The molecule has 0 N–H and O–H groups in total. The monoisotopic (exact) mass is 500 g/mol. The Morgan fingerprint density at radius 1 is 0.750 bits per heavy atom. The van der Waals surface area contributed by atoms with E-state index in [-0.39, 0.29) is 17.3 Å². The molecule has 6 nitrogen and oxygen atoms in total. The largest absolute Gasteiger partial charge is 0.496 e. The molecule has 0 saturated carbocycles. The van der Waals surface area contributed by atoms with Crippen LogP contribution >= 0.6 is 0 Å². The summed E-state index contributed by atoms with van der Waals surface area (Å²) >= 11 is 0. The van der Waals surface area contributed by atoms with Gasteiger partial charge in [0, 0.05) is 24.7 Å². The lowest BCUT2D eigenvalue weighted by atomic mass is 10.1. The quantitative estimate of drug-likeness (QED) is 0.310. The topological polar surface area (TPSA) is 66.9 Å². The number of sulfonamides is 1. The van der Waals surface area contributed by atoms with E-state index in [0.29, 0.717) is 17.8 Å². The predicted octanol–water partition coefficient (Wildman–Crippen LogP) is 5.36. The van der Waals surface area contributed by atoms with Gasteiger partial charge in [0.15, 0.2) is 0 Å².